The molecule has 2 rings (SSSR count). The topological polar surface area (TPSA) is 24.1 Å². The normalized spacial score (nSPS) is 11.8. The van der Waals surface area contributed by atoms with E-state index in [1.54, 1.807) is 0 Å². The summed E-state index contributed by atoms with van der Waals surface area (Å²) in [5.74, 6) is 0.573. The fraction of sp³-hybridized carbons (Fsp3) is 0.235. The van der Waals surface area contributed by atoms with Crippen LogP contribution in [-0.2, 0) is 0 Å². The highest BCUT2D eigenvalue weighted by Gasteiger charge is 2.04. The van der Waals surface area contributed by atoms with Gasteiger partial charge in [0.05, 0.1) is 5.02 Å². The van der Waals surface area contributed by atoms with Gasteiger partial charge in [0.2, 0.25) is 0 Å². The number of thiocarbonyl (C=S) groups is 1. The smallest absolute Gasteiger partial charge is 0.175 e. The first kappa shape index (κ1) is 17.3. The van der Waals surface area contributed by atoms with Crippen LogP contribution in [0.4, 0.5) is 11.4 Å². The molecule has 0 aliphatic heterocycles. The number of benzene rings is 2. The minimum Gasteiger partial charge on any atom is -0.332 e. The molecular formula is C17H18BrClN2S. The molecule has 0 aliphatic carbocycles. The van der Waals surface area contributed by atoms with Crippen molar-refractivity contribution in [3.8, 4) is 0 Å². The minimum absolute atomic E-state index is 0.537. The highest BCUT2D eigenvalue weighted by atomic mass is 79.9. The van der Waals surface area contributed by atoms with Gasteiger partial charge in [-0.15, -0.1) is 0 Å². The third kappa shape index (κ3) is 4.70. The monoisotopic (exact) mass is 396 g/mol. The van der Waals surface area contributed by atoms with E-state index in [-0.39, 0.29) is 0 Å². The molecule has 1 atom stereocenters. The number of rotatable bonds is 4. The molecule has 2 aromatic rings. The Morgan fingerprint density at radius 3 is 2.32 bits per heavy atom. The predicted molar refractivity (Wildman–Crippen MR) is 104 cm³/mol. The minimum atomic E-state index is 0.537. The van der Waals surface area contributed by atoms with Crippen molar-refractivity contribution in [3.05, 3.63) is 57.5 Å². The van der Waals surface area contributed by atoms with Crippen LogP contribution in [0.2, 0.25) is 5.02 Å². The van der Waals surface area contributed by atoms with Crippen LogP contribution in [0.5, 0.6) is 0 Å². The van der Waals surface area contributed by atoms with Gasteiger partial charge in [-0.3, -0.25) is 0 Å². The van der Waals surface area contributed by atoms with Crippen LogP contribution in [0.25, 0.3) is 0 Å². The molecule has 0 heterocycles. The van der Waals surface area contributed by atoms with E-state index in [1.165, 1.54) is 5.56 Å². The molecule has 0 saturated carbocycles. The molecule has 2 N–H and O–H groups in total. The highest BCUT2D eigenvalue weighted by molar-refractivity contribution is 9.10. The van der Waals surface area contributed by atoms with Crippen LogP contribution in [0.1, 0.15) is 31.7 Å². The Labute approximate surface area is 150 Å². The average molecular weight is 398 g/mol. The van der Waals surface area contributed by atoms with Crippen molar-refractivity contribution in [2.75, 3.05) is 10.6 Å². The summed E-state index contributed by atoms with van der Waals surface area (Å²) >= 11 is 14.8. The summed E-state index contributed by atoms with van der Waals surface area (Å²) in [6, 6.07) is 14.0. The molecule has 0 aromatic heterocycles. The Hall–Kier alpha value is -1.10. The van der Waals surface area contributed by atoms with Gasteiger partial charge < -0.3 is 10.6 Å². The summed E-state index contributed by atoms with van der Waals surface area (Å²) in [4.78, 5) is 0. The predicted octanol–water partition coefficient (Wildman–Crippen LogP) is 6.42. The first-order chi connectivity index (χ1) is 10.5. The number of halogens is 2. The first-order valence-corrected chi connectivity index (χ1v) is 8.70. The van der Waals surface area contributed by atoms with Gasteiger partial charge in [-0.2, -0.15) is 0 Å². The summed E-state index contributed by atoms with van der Waals surface area (Å²) in [5, 5.41) is 7.48. The fourth-order valence-electron chi connectivity index (χ4n) is 2.00. The summed E-state index contributed by atoms with van der Waals surface area (Å²) in [6.07, 6.45) is 1.14. The summed E-state index contributed by atoms with van der Waals surface area (Å²) in [5.41, 5.74) is 3.15. The van der Waals surface area contributed by atoms with E-state index >= 15 is 0 Å². The van der Waals surface area contributed by atoms with Crippen LogP contribution in [-0.4, -0.2) is 5.11 Å². The first-order valence-electron chi connectivity index (χ1n) is 7.12. The zero-order chi connectivity index (χ0) is 16.1. The SMILES string of the molecule is CCC(C)c1ccc(NC(=S)Nc2ccc(Br)c(Cl)c2)cc1. The lowest BCUT2D eigenvalue weighted by molar-refractivity contribution is 0.734. The van der Waals surface area contributed by atoms with Crippen LogP contribution in [0.15, 0.2) is 46.9 Å². The molecule has 2 nitrogen and oxygen atoms in total. The Kier molecular flexibility index (Phi) is 6.24. The molecule has 0 fully saturated rings. The van der Waals surface area contributed by atoms with Gasteiger partial charge in [0.1, 0.15) is 0 Å². The van der Waals surface area contributed by atoms with Crippen molar-refractivity contribution in [2.45, 2.75) is 26.2 Å². The maximum absolute atomic E-state index is 6.07. The van der Waals surface area contributed by atoms with Gasteiger partial charge in [-0.05, 0) is 76.4 Å². The standard InChI is InChI=1S/C17H18BrClN2S/c1-3-11(2)12-4-6-13(7-5-12)20-17(22)21-14-8-9-15(18)16(19)10-14/h4-11H,3H2,1-2H3,(H2,20,21,22). The second kappa shape index (κ2) is 7.95. The van der Waals surface area contributed by atoms with Gasteiger partial charge in [-0.25, -0.2) is 0 Å². The maximum Gasteiger partial charge on any atom is 0.175 e. The average Bonchev–Trinajstić information content (AvgIpc) is 2.51. The van der Waals surface area contributed by atoms with Crippen molar-refractivity contribution >= 4 is 56.2 Å². The molecule has 22 heavy (non-hydrogen) atoms. The molecule has 116 valence electrons. The van der Waals surface area contributed by atoms with E-state index < -0.39 is 0 Å². The molecule has 5 heteroatoms. The molecule has 1 unspecified atom stereocenters. The summed E-state index contributed by atoms with van der Waals surface area (Å²) in [6.45, 7) is 4.42. The van der Waals surface area contributed by atoms with Crippen LogP contribution in [0.3, 0.4) is 0 Å². The molecule has 0 radical (unpaired) electrons. The molecule has 0 saturated heterocycles. The Bertz CT molecular complexity index is 658. The van der Waals surface area contributed by atoms with Crippen molar-refractivity contribution in [2.24, 2.45) is 0 Å². The lowest BCUT2D eigenvalue weighted by atomic mass is 9.99. The van der Waals surface area contributed by atoms with E-state index in [2.05, 4.69) is 52.5 Å². The number of anilines is 2. The van der Waals surface area contributed by atoms with Gasteiger partial charge >= 0.3 is 0 Å². The van der Waals surface area contributed by atoms with Crippen LogP contribution in [0, 0.1) is 0 Å². The Morgan fingerprint density at radius 2 is 1.73 bits per heavy atom. The van der Waals surface area contributed by atoms with Crippen molar-refractivity contribution in [1.29, 1.82) is 0 Å². The molecule has 0 bridgehead atoms. The Morgan fingerprint density at radius 1 is 1.14 bits per heavy atom. The largest absolute Gasteiger partial charge is 0.332 e. The van der Waals surface area contributed by atoms with E-state index in [9.17, 15) is 0 Å². The van der Waals surface area contributed by atoms with Gasteiger partial charge in [-0.1, -0.05) is 37.6 Å². The zero-order valence-electron chi connectivity index (χ0n) is 12.5. The lowest BCUT2D eigenvalue weighted by Crippen LogP contribution is -2.19. The van der Waals surface area contributed by atoms with Gasteiger partial charge in [0, 0.05) is 15.8 Å². The molecule has 2 aromatic carbocycles. The summed E-state index contributed by atoms with van der Waals surface area (Å²) in [7, 11) is 0. The maximum atomic E-state index is 6.07. The van der Waals surface area contributed by atoms with Crippen LogP contribution < -0.4 is 10.6 Å². The van der Waals surface area contributed by atoms with Gasteiger partial charge in [0.25, 0.3) is 0 Å². The van der Waals surface area contributed by atoms with Crippen molar-refractivity contribution in [3.63, 3.8) is 0 Å². The Balaban J connectivity index is 1.98. The fourth-order valence-corrected chi connectivity index (χ4v) is 2.66. The number of hydrogen-bond acceptors (Lipinski definition) is 1. The van der Waals surface area contributed by atoms with E-state index in [0.717, 1.165) is 22.3 Å². The van der Waals surface area contributed by atoms with Crippen molar-refractivity contribution in [1.82, 2.24) is 0 Å². The number of hydrogen-bond donors (Lipinski definition) is 2. The van der Waals surface area contributed by atoms with E-state index in [0.29, 0.717) is 16.1 Å². The van der Waals surface area contributed by atoms with E-state index in [4.69, 9.17) is 23.8 Å². The molecule has 0 spiro atoms. The quantitative estimate of drug-likeness (QED) is 0.582. The van der Waals surface area contributed by atoms with Crippen molar-refractivity contribution < 1.29 is 0 Å². The molecule has 0 aliphatic rings. The van der Waals surface area contributed by atoms with Gasteiger partial charge in [0.15, 0.2) is 5.11 Å². The number of nitrogens with one attached hydrogen (secondary N) is 2. The summed E-state index contributed by atoms with van der Waals surface area (Å²) < 4.78 is 0.860. The highest BCUT2D eigenvalue weighted by Crippen LogP contribution is 2.25. The zero-order valence-corrected chi connectivity index (χ0v) is 15.6. The molecular weight excluding hydrogens is 380 g/mol. The third-order valence-electron chi connectivity index (χ3n) is 3.53. The second-order valence-corrected chi connectivity index (χ2v) is 6.81. The second-order valence-electron chi connectivity index (χ2n) is 5.14. The third-order valence-corrected chi connectivity index (χ3v) is 4.96. The van der Waals surface area contributed by atoms with Crippen LogP contribution >= 0.6 is 39.7 Å². The lowest BCUT2D eigenvalue weighted by Gasteiger charge is -2.13. The molecule has 0 amide bonds. The van der Waals surface area contributed by atoms with E-state index in [1.807, 2.05) is 30.3 Å².